The van der Waals surface area contributed by atoms with Crippen molar-refractivity contribution in [3.63, 3.8) is 0 Å². The Morgan fingerprint density at radius 1 is 1.50 bits per heavy atom. The zero-order chi connectivity index (χ0) is 9.35. The molecule has 0 amide bonds. The predicted octanol–water partition coefficient (Wildman–Crippen LogP) is 0.237. The number of carbonyl (C=O) groups is 1. The summed E-state index contributed by atoms with van der Waals surface area (Å²) in [6.07, 6.45) is 0.596. The molecule has 1 fully saturated rings. The quantitative estimate of drug-likeness (QED) is 0.468. The lowest BCUT2D eigenvalue weighted by atomic mass is 9.85. The summed E-state index contributed by atoms with van der Waals surface area (Å²) in [4.78, 5) is 10.8. The summed E-state index contributed by atoms with van der Waals surface area (Å²) in [5.74, 6) is -1.45. The lowest BCUT2D eigenvalue weighted by Gasteiger charge is -2.30. The van der Waals surface area contributed by atoms with Crippen molar-refractivity contribution in [3.8, 4) is 0 Å². The molecule has 0 aromatic rings. The van der Waals surface area contributed by atoms with Gasteiger partial charge in [0.15, 0.2) is 0 Å². The van der Waals surface area contributed by atoms with Crippen molar-refractivity contribution in [2.24, 2.45) is 5.92 Å². The van der Waals surface area contributed by atoms with Gasteiger partial charge >= 0.3 is 16.2 Å². The summed E-state index contributed by atoms with van der Waals surface area (Å²) >= 11 is 0. The third kappa shape index (κ3) is 1.57. The van der Waals surface area contributed by atoms with Crippen LogP contribution in [0.4, 0.5) is 3.89 Å². The van der Waals surface area contributed by atoms with Gasteiger partial charge in [-0.15, -0.1) is 3.89 Å². The first-order valence-electron chi connectivity index (χ1n) is 3.48. The largest absolute Gasteiger partial charge is 0.469 e. The van der Waals surface area contributed by atoms with Crippen LogP contribution < -0.4 is 0 Å². The van der Waals surface area contributed by atoms with E-state index in [9.17, 15) is 17.1 Å². The molecule has 0 aromatic heterocycles. The van der Waals surface area contributed by atoms with Crippen LogP contribution in [0.3, 0.4) is 0 Å². The minimum atomic E-state index is -4.57. The molecule has 1 saturated carbocycles. The number of rotatable bonds is 2. The Morgan fingerprint density at radius 2 is 2.08 bits per heavy atom. The van der Waals surface area contributed by atoms with Gasteiger partial charge in [0.25, 0.3) is 0 Å². The third-order valence-electron chi connectivity index (χ3n) is 2.08. The molecule has 2 atom stereocenters. The van der Waals surface area contributed by atoms with E-state index < -0.39 is 27.4 Å². The number of hydrogen-bond donors (Lipinski definition) is 0. The first kappa shape index (κ1) is 9.44. The number of halogens is 1. The molecule has 0 N–H and O–H groups in total. The summed E-state index contributed by atoms with van der Waals surface area (Å²) in [5, 5.41) is -1.18. The van der Waals surface area contributed by atoms with E-state index in [4.69, 9.17) is 0 Å². The van der Waals surface area contributed by atoms with Crippen LogP contribution in [0.25, 0.3) is 0 Å². The summed E-state index contributed by atoms with van der Waals surface area (Å²) in [6, 6.07) is 0. The molecule has 12 heavy (non-hydrogen) atoms. The molecule has 70 valence electrons. The van der Waals surface area contributed by atoms with Crippen molar-refractivity contribution >= 4 is 16.2 Å². The summed E-state index contributed by atoms with van der Waals surface area (Å²) < 4.78 is 37.4. The van der Waals surface area contributed by atoms with Gasteiger partial charge in [0, 0.05) is 0 Å². The fourth-order valence-electron chi connectivity index (χ4n) is 1.23. The number of esters is 1. The Bertz CT molecular complexity index is 284. The second kappa shape index (κ2) is 3.01. The van der Waals surface area contributed by atoms with Crippen LogP contribution >= 0.6 is 0 Å². The smallest absolute Gasteiger partial charge is 0.310 e. The molecule has 0 aromatic carbocycles. The normalized spacial score (nSPS) is 29.2. The van der Waals surface area contributed by atoms with Crippen LogP contribution in [-0.4, -0.2) is 26.7 Å². The van der Waals surface area contributed by atoms with Crippen LogP contribution in [0.15, 0.2) is 0 Å². The maximum Gasteiger partial charge on any atom is 0.310 e. The van der Waals surface area contributed by atoms with E-state index in [0.29, 0.717) is 6.42 Å². The first-order chi connectivity index (χ1) is 5.46. The van der Waals surface area contributed by atoms with Crippen molar-refractivity contribution in [1.82, 2.24) is 0 Å². The van der Waals surface area contributed by atoms with E-state index in [1.807, 2.05) is 0 Å². The maximum atomic E-state index is 12.3. The summed E-state index contributed by atoms with van der Waals surface area (Å²) in [5.41, 5.74) is 0. The first-order valence-corrected chi connectivity index (χ1v) is 4.93. The molecule has 2 unspecified atom stereocenters. The highest BCUT2D eigenvalue weighted by molar-refractivity contribution is 7.87. The molecular weight excluding hydrogens is 187 g/mol. The Kier molecular flexibility index (Phi) is 2.36. The van der Waals surface area contributed by atoms with Crippen LogP contribution in [0.2, 0.25) is 0 Å². The number of methoxy groups -OCH3 is 1. The summed E-state index contributed by atoms with van der Waals surface area (Å²) in [6.45, 7) is 0. The van der Waals surface area contributed by atoms with Crippen molar-refractivity contribution in [3.05, 3.63) is 0 Å². The molecule has 0 radical (unpaired) electrons. The molecule has 6 heteroatoms. The third-order valence-corrected chi connectivity index (χ3v) is 3.36. The Balaban J connectivity index is 2.68. The fraction of sp³-hybridized carbons (Fsp3) is 0.833. The molecule has 0 bridgehead atoms. The Hall–Kier alpha value is -0.650. The zero-order valence-electron chi connectivity index (χ0n) is 6.49. The van der Waals surface area contributed by atoms with Gasteiger partial charge in [0.2, 0.25) is 0 Å². The van der Waals surface area contributed by atoms with Crippen molar-refractivity contribution in [2.45, 2.75) is 18.1 Å². The highest BCUT2D eigenvalue weighted by Crippen LogP contribution is 2.34. The fourth-order valence-corrected chi connectivity index (χ4v) is 2.28. The SMILES string of the molecule is COC(=O)C1CCC1S(=O)(=O)F. The van der Waals surface area contributed by atoms with Gasteiger partial charge in [-0.3, -0.25) is 4.79 Å². The molecule has 1 rings (SSSR count). The van der Waals surface area contributed by atoms with E-state index in [1.165, 1.54) is 0 Å². The molecule has 1 aliphatic rings. The molecular formula is C6H9FO4S. The predicted molar refractivity (Wildman–Crippen MR) is 38.6 cm³/mol. The Labute approximate surface area is 69.9 Å². The summed E-state index contributed by atoms with van der Waals surface area (Å²) in [7, 11) is -3.42. The van der Waals surface area contributed by atoms with Crippen LogP contribution in [0, 0.1) is 5.92 Å². The van der Waals surface area contributed by atoms with E-state index in [-0.39, 0.29) is 6.42 Å². The second-order valence-electron chi connectivity index (χ2n) is 2.72. The van der Waals surface area contributed by atoms with Crippen molar-refractivity contribution < 1.29 is 21.8 Å². The lowest BCUT2D eigenvalue weighted by molar-refractivity contribution is -0.148. The van der Waals surface area contributed by atoms with Gasteiger partial charge in [-0.2, -0.15) is 8.42 Å². The van der Waals surface area contributed by atoms with Gasteiger partial charge in [0.05, 0.1) is 13.0 Å². The zero-order valence-corrected chi connectivity index (χ0v) is 7.30. The highest BCUT2D eigenvalue weighted by atomic mass is 32.3. The van der Waals surface area contributed by atoms with Gasteiger partial charge in [-0.25, -0.2) is 0 Å². The number of carbonyl (C=O) groups excluding carboxylic acids is 1. The average Bonchev–Trinajstić information content (AvgIpc) is 1.80. The Morgan fingerprint density at radius 3 is 2.33 bits per heavy atom. The monoisotopic (exact) mass is 196 g/mol. The van der Waals surface area contributed by atoms with Crippen LogP contribution in [-0.2, 0) is 19.8 Å². The number of hydrogen-bond acceptors (Lipinski definition) is 4. The molecule has 0 aliphatic heterocycles. The standard InChI is InChI=1S/C6H9FO4S/c1-11-6(8)4-2-3-5(4)12(7,9)10/h4-5H,2-3H2,1H3. The maximum absolute atomic E-state index is 12.3. The van der Waals surface area contributed by atoms with Crippen molar-refractivity contribution in [1.29, 1.82) is 0 Å². The topological polar surface area (TPSA) is 60.4 Å². The molecule has 4 nitrogen and oxygen atoms in total. The van der Waals surface area contributed by atoms with E-state index in [2.05, 4.69) is 4.74 Å². The van der Waals surface area contributed by atoms with Gasteiger partial charge < -0.3 is 4.74 Å². The van der Waals surface area contributed by atoms with Gasteiger partial charge in [-0.1, -0.05) is 0 Å². The average molecular weight is 196 g/mol. The number of ether oxygens (including phenoxy) is 1. The van der Waals surface area contributed by atoms with E-state index in [1.54, 1.807) is 0 Å². The highest BCUT2D eigenvalue weighted by Gasteiger charge is 2.46. The molecule has 1 aliphatic carbocycles. The van der Waals surface area contributed by atoms with Crippen molar-refractivity contribution in [2.75, 3.05) is 7.11 Å². The molecule has 0 saturated heterocycles. The van der Waals surface area contributed by atoms with Gasteiger partial charge in [0.1, 0.15) is 5.25 Å². The second-order valence-corrected chi connectivity index (χ2v) is 4.28. The van der Waals surface area contributed by atoms with Crippen LogP contribution in [0.5, 0.6) is 0 Å². The van der Waals surface area contributed by atoms with E-state index >= 15 is 0 Å². The molecule has 0 heterocycles. The minimum absolute atomic E-state index is 0.207. The molecule has 0 spiro atoms. The lowest BCUT2D eigenvalue weighted by Crippen LogP contribution is -2.42. The van der Waals surface area contributed by atoms with Crippen LogP contribution in [0.1, 0.15) is 12.8 Å². The minimum Gasteiger partial charge on any atom is -0.469 e. The van der Waals surface area contributed by atoms with Gasteiger partial charge in [-0.05, 0) is 12.8 Å². The van der Waals surface area contributed by atoms with E-state index in [0.717, 1.165) is 7.11 Å².